The lowest BCUT2D eigenvalue weighted by molar-refractivity contribution is 0.0832. The third kappa shape index (κ3) is 3.20. The Morgan fingerprint density at radius 3 is 2.93 bits per heavy atom. The van der Waals surface area contributed by atoms with Crippen LogP contribution in [0, 0.1) is 5.92 Å². The van der Waals surface area contributed by atoms with Gasteiger partial charge in [-0.3, -0.25) is 14.7 Å². The number of aromatic amines is 1. The fourth-order valence-corrected chi connectivity index (χ4v) is 4.65. The zero-order chi connectivity index (χ0) is 19.1. The molecular formula is C20H26N6O2. The van der Waals surface area contributed by atoms with Crippen molar-refractivity contribution >= 4 is 11.2 Å². The number of nitrogens with zero attached hydrogens (tertiary/aromatic N) is 5. The van der Waals surface area contributed by atoms with E-state index in [4.69, 9.17) is 9.84 Å². The quantitative estimate of drug-likeness (QED) is 0.870. The number of allylic oxidation sites excluding steroid dienone is 1. The van der Waals surface area contributed by atoms with Gasteiger partial charge in [0.25, 0.3) is 5.56 Å². The Morgan fingerprint density at radius 2 is 2.14 bits per heavy atom. The summed E-state index contributed by atoms with van der Waals surface area (Å²) in [5, 5.41) is 4.86. The van der Waals surface area contributed by atoms with Gasteiger partial charge in [-0.1, -0.05) is 13.0 Å². The molecule has 3 aliphatic heterocycles. The molecule has 8 heteroatoms. The van der Waals surface area contributed by atoms with Crippen LogP contribution in [0.1, 0.15) is 49.7 Å². The summed E-state index contributed by atoms with van der Waals surface area (Å²) in [6.07, 6.45) is 8.42. The van der Waals surface area contributed by atoms with Gasteiger partial charge in [0.15, 0.2) is 5.52 Å². The lowest BCUT2D eigenvalue weighted by Gasteiger charge is -2.21. The van der Waals surface area contributed by atoms with E-state index in [2.05, 4.69) is 32.9 Å². The summed E-state index contributed by atoms with van der Waals surface area (Å²) >= 11 is 0. The van der Waals surface area contributed by atoms with Crippen molar-refractivity contribution in [1.29, 1.82) is 0 Å². The first kappa shape index (κ1) is 17.8. The third-order valence-electron chi connectivity index (χ3n) is 6.19. The summed E-state index contributed by atoms with van der Waals surface area (Å²) in [4.78, 5) is 27.1. The summed E-state index contributed by atoms with van der Waals surface area (Å²) < 4.78 is 7.26. The lowest BCUT2D eigenvalue weighted by Crippen LogP contribution is -2.27. The maximum atomic E-state index is 12.7. The van der Waals surface area contributed by atoms with Crippen LogP contribution in [0.15, 0.2) is 28.3 Å². The maximum Gasteiger partial charge on any atom is 0.276 e. The topological polar surface area (TPSA) is 87.9 Å². The van der Waals surface area contributed by atoms with Crippen molar-refractivity contribution in [3.8, 4) is 0 Å². The number of likely N-dealkylation sites (tertiary alicyclic amines) is 1. The molecule has 0 amide bonds. The van der Waals surface area contributed by atoms with E-state index >= 15 is 0 Å². The molecule has 3 aliphatic rings. The van der Waals surface area contributed by atoms with E-state index in [-0.39, 0.29) is 11.5 Å². The van der Waals surface area contributed by atoms with E-state index in [1.165, 1.54) is 5.71 Å². The molecule has 2 aromatic rings. The van der Waals surface area contributed by atoms with Gasteiger partial charge in [0, 0.05) is 63.0 Å². The van der Waals surface area contributed by atoms with Gasteiger partial charge in [0.05, 0.1) is 6.20 Å². The molecule has 5 rings (SSSR count). The third-order valence-corrected chi connectivity index (χ3v) is 6.19. The number of nitrogens with one attached hydrogen (secondary N) is 1. The Bertz CT molecular complexity index is 984. The van der Waals surface area contributed by atoms with E-state index in [0.29, 0.717) is 17.4 Å². The van der Waals surface area contributed by atoms with E-state index in [1.807, 2.05) is 6.20 Å². The minimum atomic E-state index is -0.106. The molecule has 148 valence electrons. The molecule has 2 saturated heterocycles. The molecule has 0 spiro atoms. The van der Waals surface area contributed by atoms with Crippen molar-refractivity contribution in [1.82, 2.24) is 24.5 Å². The number of aromatic nitrogens is 4. The fourth-order valence-electron chi connectivity index (χ4n) is 4.65. The fraction of sp³-hybridized carbons (Fsp3) is 0.600. The molecule has 0 aromatic carbocycles. The van der Waals surface area contributed by atoms with E-state index in [1.54, 1.807) is 10.7 Å². The van der Waals surface area contributed by atoms with Crippen molar-refractivity contribution in [2.75, 3.05) is 32.8 Å². The highest BCUT2D eigenvalue weighted by molar-refractivity contribution is 5.89. The molecule has 2 unspecified atom stereocenters. The minimum Gasteiger partial charge on any atom is -0.381 e. The molecule has 8 nitrogen and oxygen atoms in total. The molecule has 5 heterocycles. The molecule has 2 fully saturated rings. The first-order valence-electron chi connectivity index (χ1n) is 10.2. The van der Waals surface area contributed by atoms with Gasteiger partial charge >= 0.3 is 0 Å². The molecule has 0 aliphatic carbocycles. The molecule has 2 atom stereocenters. The maximum absolute atomic E-state index is 12.7. The van der Waals surface area contributed by atoms with Gasteiger partial charge in [0.2, 0.25) is 0 Å². The number of fused-ring (bicyclic) bond motifs is 1. The molecule has 0 bridgehead atoms. The smallest absolute Gasteiger partial charge is 0.276 e. The average molecular weight is 382 g/mol. The number of hydrogen-bond acceptors (Lipinski definition) is 6. The molecule has 1 N–H and O–H groups in total. The summed E-state index contributed by atoms with van der Waals surface area (Å²) in [6, 6.07) is 0. The van der Waals surface area contributed by atoms with E-state index < -0.39 is 0 Å². The molecule has 0 saturated carbocycles. The van der Waals surface area contributed by atoms with Gasteiger partial charge in [0.1, 0.15) is 11.6 Å². The van der Waals surface area contributed by atoms with Crippen LogP contribution in [0.2, 0.25) is 0 Å². The minimum absolute atomic E-state index is 0.106. The highest BCUT2D eigenvalue weighted by atomic mass is 16.5. The SMILES string of the molecule is CC1CN(CC2=NC=CC2)CC1c1nn2c(C3CCOCC3)ncc2c(=O)[nH]1. The molecular weight excluding hydrogens is 356 g/mol. The Kier molecular flexibility index (Phi) is 4.60. The standard InChI is InChI=1S/C20H26N6O2/c1-13-10-25(11-15-3-2-6-21-15)12-16(13)18-23-20(27)17-9-22-19(26(17)24-18)14-4-7-28-8-5-14/h2,6,9,13-14,16H,3-5,7-8,10-12H2,1H3,(H,23,24,27). The highest BCUT2D eigenvalue weighted by Crippen LogP contribution is 2.31. The predicted molar refractivity (Wildman–Crippen MR) is 106 cm³/mol. The Labute approximate surface area is 163 Å². The van der Waals surface area contributed by atoms with Crippen LogP contribution < -0.4 is 5.56 Å². The molecule has 2 aromatic heterocycles. The largest absolute Gasteiger partial charge is 0.381 e. The monoisotopic (exact) mass is 382 g/mol. The highest BCUT2D eigenvalue weighted by Gasteiger charge is 2.34. The van der Waals surface area contributed by atoms with Crippen molar-refractivity contribution in [2.24, 2.45) is 10.9 Å². The van der Waals surface area contributed by atoms with Crippen LogP contribution >= 0.6 is 0 Å². The summed E-state index contributed by atoms with van der Waals surface area (Å²) in [5.41, 5.74) is 1.63. The number of ether oxygens (including phenoxy) is 1. The number of hydrogen-bond donors (Lipinski definition) is 1. The van der Waals surface area contributed by atoms with Crippen molar-refractivity contribution in [3.05, 3.63) is 40.5 Å². The van der Waals surface area contributed by atoms with Crippen LogP contribution in [0.25, 0.3) is 5.52 Å². The number of H-pyrrole nitrogens is 1. The lowest BCUT2D eigenvalue weighted by atomic mass is 9.97. The van der Waals surface area contributed by atoms with Crippen LogP contribution in [-0.4, -0.2) is 63.0 Å². The van der Waals surface area contributed by atoms with Crippen molar-refractivity contribution < 1.29 is 4.74 Å². The zero-order valence-corrected chi connectivity index (χ0v) is 16.2. The Balaban J connectivity index is 1.43. The first-order chi connectivity index (χ1) is 13.7. The van der Waals surface area contributed by atoms with Gasteiger partial charge < -0.3 is 9.72 Å². The second kappa shape index (κ2) is 7.25. The van der Waals surface area contributed by atoms with Gasteiger partial charge in [-0.25, -0.2) is 9.50 Å². The molecule has 0 radical (unpaired) electrons. The summed E-state index contributed by atoms with van der Waals surface area (Å²) in [6.45, 7) is 6.47. The van der Waals surface area contributed by atoms with Crippen LogP contribution in [-0.2, 0) is 4.74 Å². The first-order valence-corrected chi connectivity index (χ1v) is 10.2. The van der Waals surface area contributed by atoms with Gasteiger partial charge in [-0.05, 0) is 18.8 Å². The normalized spacial score (nSPS) is 26.4. The van der Waals surface area contributed by atoms with Crippen LogP contribution in [0.3, 0.4) is 0 Å². The number of rotatable bonds is 4. The van der Waals surface area contributed by atoms with Crippen LogP contribution in [0.5, 0.6) is 0 Å². The second-order valence-corrected chi connectivity index (χ2v) is 8.20. The number of aliphatic imine (C=N–C) groups is 1. The van der Waals surface area contributed by atoms with E-state index in [9.17, 15) is 4.79 Å². The summed E-state index contributed by atoms with van der Waals surface area (Å²) in [7, 11) is 0. The summed E-state index contributed by atoms with van der Waals surface area (Å²) in [5.74, 6) is 2.58. The second-order valence-electron chi connectivity index (χ2n) is 8.20. The Hall–Kier alpha value is -2.32. The van der Waals surface area contributed by atoms with Gasteiger partial charge in [-0.15, -0.1) is 0 Å². The van der Waals surface area contributed by atoms with E-state index in [0.717, 1.165) is 63.8 Å². The van der Waals surface area contributed by atoms with Crippen molar-refractivity contribution in [3.63, 3.8) is 0 Å². The predicted octanol–water partition coefficient (Wildman–Crippen LogP) is 1.71. The number of imidazole rings is 1. The zero-order valence-electron chi connectivity index (χ0n) is 16.2. The average Bonchev–Trinajstić information content (AvgIpc) is 3.43. The van der Waals surface area contributed by atoms with Crippen LogP contribution in [0.4, 0.5) is 0 Å². The van der Waals surface area contributed by atoms with Gasteiger partial charge in [-0.2, -0.15) is 5.10 Å². The molecule has 28 heavy (non-hydrogen) atoms. The van der Waals surface area contributed by atoms with Crippen molar-refractivity contribution in [2.45, 2.75) is 38.0 Å². The Morgan fingerprint density at radius 1 is 1.29 bits per heavy atom.